The number of carbonyl (C=O) groups excluding carboxylic acids is 1. The monoisotopic (exact) mass is 327 g/mol. The predicted molar refractivity (Wildman–Crippen MR) is 74.4 cm³/mol. The van der Waals surface area contributed by atoms with Gasteiger partial charge in [-0.25, -0.2) is 9.18 Å². The van der Waals surface area contributed by atoms with E-state index in [2.05, 4.69) is 5.32 Å². The number of carbonyl (C=O) groups is 2. The zero-order chi connectivity index (χ0) is 16.1. The number of carboxylic acids is 1. The first-order valence-electron chi connectivity index (χ1n) is 6.12. The number of ether oxygens (including phenoxy) is 1. The van der Waals surface area contributed by atoms with Crippen LogP contribution in [0.4, 0.5) is 4.39 Å². The molecule has 0 aliphatic carbocycles. The van der Waals surface area contributed by atoms with Crippen LogP contribution in [0, 0.1) is 5.82 Å². The van der Waals surface area contributed by atoms with Crippen molar-refractivity contribution in [3.63, 3.8) is 0 Å². The summed E-state index contributed by atoms with van der Waals surface area (Å²) in [5.41, 5.74) is 0. The first-order chi connectivity index (χ1) is 10.5. The second kappa shape index (κ2) is 6.95. The van der Waals surface area contributed by atoms with Gasteiger partial charge in [0.25, 0.3) is 5.91 Å². The van der Waals surface area contributed by atoms with Crippen LogP contribution in [0.15, 0.2) is 34.7 Å². The number of aromatic carboxylic acids is 1. The lowest BCUT2D eigenvalue weighted by Crippen LogP contribution is -2.28. The molecule has 1 heterocycles. The van der Waals surface area contributed by atoms with Gasteiger partial charge < -0.3 is 19.6 Å². The normalized spacial score (nSPS) is 10.3. The first-order valence-corrected chi connectivity index (χ1v) is 6.50. The molecule has 1 amide bonds. The fourth-order valence-electron chi connectivity index (χ4n) is 1.56. The van der Waals surface area contributed by atoms with Crippen LogP contribution in [0.25, 0.3) is 0 Å². The van der Waals surface area contributed by atoms with E-state index in [4.69, 9.17) is 25.9 Å². The van der Waals surface area contributed by atoms with Crippen LogP contribution in [-0.2, 0) is 11.3 Å². The molecule has 0 aliphatic rings. The quantitative estimate of drug-likeness (QED) is 0.850. The van der Waals surface area contributed by atoms with Crippen LogP contribution in [0.3, 0.4) is 0 Å². The minimum atomic E-state index is -1.19. The Balaban J connectivity index is 1.81. The van der Waals surface area contributed by atoms with Crippen LogP contribution in [0.2, 0.25) is 5.02 Å². The zero-order valence-electron chi connectivity index (χ0n) is 11.1. The van der Waals surface area contributed by atoms with Crippen molar-refractivity contribution in [2.24, 2.45) is 0 Å². The average Bonchev–Trinajstić information content (AvgIpc) is 2.93. The van der Waals surface area contributed by atoms with Crippen molar-refractivity contribution in [1.82, 2.24) is 5.32 Å². The van der Waals surface area contributed by atoms with Gasteiger partial charge in [-0.3, -0.25) is 4.79 Å². The number of hydrogen-bond donors (Lipinski definition) is 2. The van der Waals surface area contributed by atoms with Crippen LogP contribution >= 0.6 is 11.6 Å². The van der Waals surface area contributed by atoms with E-state index in [0.29, 0.717) is 5.76 Å². The predicted octanol–water partition coefficient (Wildman–Crippen LogP) is 2.47. The Bertz CT molecular complexity index is 700. The average molecular weight is 328 g/mol. The number of benzene rings is 1. The van der Waals surface area contributed by atoms with Gasteiger partial charge in [0.1, 0.15) is 17.3 Å². The highest BCUT2D eigenvalue weighted by Gasteiger charge is 2.10. The summed E-state index contributed by atoms with van der Waals surface area (Å²) in [5, 5.41) is 11.2. The molecule has 2 rings (SSSR count). The van der Waals surface area contributed by atoms with Gasteiger partial charge in [-0.1, -0.05) is 11.6 Å². The lowest BCUT2D eigenvalue weighted by atomic mass is 10.3. The maximum atomic E-state index is 12.8. The lowest BCUT2D eigenvalue weighted by molar-refractivity contribution is -0.123. The van der Waals surface area contributed by atoms with Crippen LogP contribution in [-0.4, -0.2) is 23.6 Å². The largest absolute Gasteiger partial charge is 0.482 e. The molecule has 1 aromatic carbocycles. The lowest BCUT2D eigenvalue weighted by Gasteiger charge is -2.08. The molecule has 0 radical (unpaired) electrons. The van der Waals surface area contributed by atoms with E-state index in [1.807, 2.05) is 0 Å². The van der Waals surface area contributed by atoms with E-state index in [-0.39, 0.29) is 29.7 Å². The van der Waals surface area contributed by atoms with Crippen molar-refractivity contribution in [2.45, 2.75) is 6.54 Å². The standard InChI is InChI=1S/C14H11ClFNO5/c15-10-5-8(16)1-3-11(10)21-7-13(18)17-6-9-2-4-12(22-9)14(19)20/h1-5H,6-7H2,(H,17,18)(H,19,20). The Hall–Kier alpha value is -2.54. The second-order valence-electron chi connectivity index (χ2n) is 4.21. The van der Waals surface area contributed by atoms with Crippen molar-refractivity contribution in [3.05, 3.63) is 52.7 Å². The molecule has 0 saturated carbocycles. The highest BCUT2D eigenvalue weighted by molar-refractivity contribution is 6.32. The van der Waals surface area contributed by atoms with Gasteiger partial charge in [0.05, 0.1) is 11.6 Å². The van der Waals surface area contributed by atoms with E-state index in [1.165, 1.54) is 18.2 Å². The maximum absolute atomic E-state index is 12.8. The molecular weight excluding hydrogens is 317 g/mol. The molecule has 1 aromatic heterocycles. The maximum Gasteiger partial charge on any atom is 0.371 e. The van der Waals surface area contributed by atoms with Crippen LogP contribution in [0.5, 0.6) is 5.75 Å². The number of amides is 1. The molecule has 0 unspecified atom stereocenters. The molecule has 0 bridgehead atoms. The topological polar surface area (TPSA) is 88.8 Å². The minimum Gasteiger partial charge on any atom is -0.482 e. The summed E-state index contributed by atoms with van der Waals surface area (Å²) < 4.78 is 23.0. The van der Waals surface area contributed by atoms with Crippen molar-refractivity contribution in [2.75, 3.05) is 6.61 Å². The molecule has 8 heteroatoms. The number of hydrogen-bond acceptors (Lipinski definition) is 4. The smallest absolute Gasteiger partial charge is 0.371 e. The SMILES string of the molecule is O=C(COc1ccc(F)cc1Cl)NCc1ccc(C(=O)O)o1. The highest BCUT2D eigenvalue weighted by atomic mass is 35.5. The third-order valence-corrected chi connectivity index (χ3v) is 2.88. The van der Waals surface area contributed by atoms with Crippen molar-refractivity contribution in [1.29, 1.82) is 0 Å². The molecule has 0 aliphatic heterocycles. The number of halogens is 2. The molecule has 116 valence electrons. The Morgan fingerprint density at radius 1 is 1.32 bits per heavy atom. The molecule has 22 heavy (non-hydrogen) atoms. The molecule has 2 aromatic rings. The first kappa shape index (κ1) is 15.8. The van der Waals surface area contributed by atoms with Gasteiger partial charge in [-0.05, 0) is 30.3 Å². The fraction of sp³-hybridized carbons (Fsp3) is 0.143. The van der Waals surface area contributed by atoms with E-state index in [0.717, 1.165) is 12.1 Å². The van der Waals surface area contributed by atoms with Crippen molar-refractivity contribution < 1.29 is 28.2 Å². The van der Waals surface area contributed by atoms with Gasteiger partial charge in [0.15, 0.2) is 6.61 Å². The third-order valence-electron chi connectivity index (χ3n) is 2.58. The number of nitrogens with one attached hydrogen (secondary N) is 1. The van der Waals surface area contributed by atoms with E-state index in [9.17, 15) is 14.0 Å². The third kappa shape index (κ3) is 4.23. The summed E-state index contributed by atoms with van der Waals surface area (Å²) >= 11 is 5.75. The van der Waals surface area contributed by atoms with Gasteiger partial charge >= 0.3 is 5.97 Å². The molecular formula is C14H11ClFNO5. The van der Waals surface area contributed by atoms with E-state index in [1.54, 1.807) is 0 Å². The van der Waals surface area contributed by atoms with Gasteiger partial charge in [0.2, 0.25) is 5.76 Å². The van der Waals surface area contributed by atoms with E-state index >= 15 is 0 Å². The van der Waals surface area contributed by atoms with Crippen LogP contribution < -0.4 is 10.1 Å². The Labute approximate surface area is 129 Å². The summed E-state index contributed by atoms with van der Waals surface area (Å²) in [7, 11) is 0. The number of rotatable bonds is 6. The summed E-state index contributed by atoms with van der Waals surface area (Å²) in [6.45, 7) is -0.301. The molecule has 6 nitrogen and oxygen atoms in total. The second-order valence-corrected chi connectivity index (χ2v) is 4.62. The molecule has 0 fully saturated rings. The number of furan rings is 1. The summed E-state index contributed by atoms with van der Waals surface area (Å²) in [4.78, 5) is 22.2. The number of carboxylic acid groups (broad SMARTS) is 1. The van der Waals surface area contributed by atoms with Gasteiger partial charge in [-0.2, -0.15) is 0 Å². The summed E-state index contributed by atoms with van der Waals surface area (Å²) in [6, 6.07) is 6.29. The molecule has 0 saturated heterocycles. The summed E-state index contributed by atoms with van der Waals surface area (Å²) in [5.74, 6) is -1.89. The van der Waals surface area contributed by atoms with Crippen molar-refractivity contribution in [3.8, 4) is 5.75 Å². The van der Waals surface area contributed by atoms with E-state index < -0.39 is 17.7 Å². The highest BCUT2D eigenvalue weighted by Crippen LogP contribution is 2.24. The molecule has 0 atom stereocenters. The Morgan fingerprint density at radius 2 is 2.09 bits per heavy atom. The minimum absolute atomic E-state index is 0.0205. The summed E-state index contributed by atoms with van der Waals surface area (Å²) in [6.07, 6.45) is 0. The van der Waals surface area contributed by atoms with Crippen molar-refractivity contribution >= 4 is 23.5 Å². The van der Waals surface area contributed by atoms with Crippen LogP contribution in [0.1, 0.15) is 16.3 Å². The van der Waals surface area contributed by atoms with Gasteiger partial charge in [-0.15, -0.1) is 0 Å². The fourth-order valence-corrected chi connectivity index (χ4v) is 1.78. The molecule has 2 N–H and O–H groups in total. The molecule has 0 spiro atoms. The van der Waals surface area contributed by atoms with Gasteiger partial charge in [0, 0.05) is 0 Å². The Kier molecular flexibility index (Phi) is 5.00. The zero-order valence-corrected chi connectivity index (χ0v) is 11.9. The Morgan fingerprint density at radius 3 is 2.73 bits per heavy atom.